The summed E-state index contributed by atoms with van der Waals surface area (Å²) in [5.74, 6) is 1.16. The molecule has 0 bridgehead atoms. The Morgan fingerprint density at radius 3 is 2.64 bits per heavy atom. The van der Waals surface area contributed by atoms with Crippen LogP contribution in [0, 0.1) is 0 Å². The molecule has 0 saturated carbocycles. The average molecular weight is 170 g/mol. The van der Waals surface area contributed by atoms with Crippen LogP contribution in [-0.4, -0.2) is 16.0 Å². The number of phenolic OH excluding ortho intramolecular Hbond substituents is 2. The standard InChI is InChI=1S/C8H10O2S/c1-2-11-8-4-3-6(9)5-7(8)10/h3-5,9-10H,2H2,1H3. The Kier molecular flexibility index (Phi) is 2.65. The minimum absolute atomic E-state index is 0.1000. The lowest BCUT2D eigenvalue weighted by molar-refractivity contribution is 0.442. The Balaban J connectivity index is 2.90. The van der Waals surface area contributed by atoms with Gasteiger partial charge in [-0.1, -0.05) is 6.92 Å². The third kappa shape index (κ3) is 2.05. The fraction of sp³-hybridized carbons (Fsp3) is 0.250. The maximum absolute atomic E-state index is 9.24. The molecule has 0 aromatic heterocycles. The molecule has 1 aromatic carbocycles. The number of aromatic hydroxyl groups is 2. The monoisotopic (exact) mass is 170 g/mol. The summed E-state index contributed by atoms with van der Waals surface area (Å²) in [7, 11) is 0. The Bertz CT molecular complexity index is 248. The van der Waals surface area contributed by atoms with E-state index in [0.29, 0.717) is 0 Å². The highest BCUT2D eigenvalue weighted by molar-refractivity contribution is 7.99. The Hall–Kier alpha value is -0.830. The second-order valence-corrected chi connectivity index (χ2v) is 3.39. The Labute approximate surface area is 69.9 Å². The van der Waals surface area contributed by atoms with Crippen LogP contribution in [-0.2, 0) is 0 Å². The number of phenols is 2. The van der Waals surface area contributed by atoms with Crippen molar-refractivity contribution in [2.75, 3.05) is 5.75 Å². The predicted octanol–water partition coefficient (Wildman–Crippen LogP) is 2.21. The van der Waals surface area contributed by atoms with Crippen LogP contribution in [0.15, 0.2) is 23.1 Å². The summed E-state index contributed by atoms with van der Waals surface area (Å²) < 4.78 is 0. The van der Waals surface area contributed by atoms with Crippen LogP contribution in [0.1, 0.15) is 6.92 Å². The molecule has 3 heteroatoms. The smallest absolute Gasteiger partial charge is 0.132 e. The lowest BCUT2D eigenvalue weighted by Crippen LogP contribution is -1.74. The number of thioether (sulfide) groups is 1. The fourth-order valence-electron chi connectivity index (χ4n) is 0.783. The van der Waals surface area contributed by atoms with Gasteiger partial charge < -0.3 is 10.2 Å². The number of rotatable bonds is 2. The van der Waals surface area contributed by atoms with Crippen molar-refractivity contribution in [2.24, 2.45) is 0 Å². The summed E-state index contributed by atoms with van der Waals surface area (Å²) in [6.07, 6.45) is 0. The highest BCUT2D eigenvalue weighted by Crippen LogP contribution is 2.30. The average Bonchev–Trinajstić information content (AvgIpc) is 1.95. The van der Waals surface area contributed by atoms with Gasteiger partial charge in [-0.3, -0.25) is 0 Å². The van der Waals surface area contributed by atoms with E-state index in [4.69, 9.17) is 5.11 Å². The third-order valence-corrected chi connectivity index (χ3v) is 2.19. The van der Waals surface area contributed by atoms with Gasteiger partial charge >= 0.3 is 0 Å². The number of hydrogen-bond acceptors (Lipinski definition) is 3. The van der Waals surface area contributed by atoms with Crippen LogP contribution in [0.4, 0.5) is 0 Å². The van der Waals surface area contributed by atoms with E-state index >= 15 is 0 Å². The molecular weight excluding hydrogens is 160 g/mol. The number of benzene rings is 1. The van der Waals surface area contributed by atoms with Crippen molar-refractivity contribution in [3.63, 3.8) is 0 Å². The summed E-state index contributed by atoms with van der Waals surface area (Å²) in [5.41, 5.74) is 0. The summed E-state index contributed by atoms with van der Waals surface area (Å²) >= 11 is 1.55. The van der Waals surface area contributed by atoms with Crippen molar-refractivity contribution in [1.29, 1.82) is 0 Å². The van der Waals surface area contributed by atoms with E-state index in [-0.39, 0.29) is 11.5 Å². The molecule has 0 aliphatic heterocycles. The van der Waals surface area contributed by atoms with Crippen LogP contribution in [0.25, 0.3) is 0 Å². The second-order valence-electron chi connectivity index (χ2n) is 2.09. The van der Waals surface area contributed by atoms with E-state index in [1.807, 2.05) is 6.92 Å². The summed E-state index contributed by atoms with van der Waals surface area (Å²) in [6, 6.07) is 4.62. The van der Waals surface area contributed by atoms with Gasteiger partial charge in [0.1, 0.15) is 11.5 Å². The van der Waals surface area contributed by atoms with Gasteiger partial charge in [0.15, 0.2) is 0 Å². The van der Waals surface area contributed by atoms with E-state index < -0.39 is 0 Å². The first-order chi connectivity index (χ1) is 5.24. The van der Waals surface area contributed by atoms with Gasteiger partial charge in [0, 0.05) is 11.0 Å². The van der Waals surface area contributed by atoms with Crippen molar-refractivity contribution >= 4 is 11.8 Å². The molecule has 0 spiro atoms. The molecular formula is C8H10O2S. The zero-order valence-corrected chi connectivity index (χ0v) is 7.06. The summed E-state index contributed by atoms with van der Waals surface area (Å²) in [4.78, 5) is 0.810. The zero-order chi connectivity index (χ0) is 8.27. The molecule has 0 aliphatic rings. The minimum atomic E-state index is 0.1000. The van der Waals surface area contributed by atoms with Gasteiger partial charge in [-0.05, 0) is 17.9 Å². The van der Waals surface area contributed by atoms with Crippen LogP contribution in [0.5, 0.6) is 11.5 Å². The zero-order valence-electron chi connectivity index (χ0n) is 6.24. The van der Waals surface area contributed by atoms with Gasteiger partial charge in [0.25, 0.3) is 0 Å². The van der Waals surface area contributed by atoms with E-state index in [9.17, 15) is 5.11 Å². The molecule has 11 heavy (non-hydrogen) atoms. The Morgan fingerprint density at radius 1 is 1.36 bits per heavy atom. The van der Waals surface area contributed by atoms with Crippen molar-refractivity contribution in [1.82, 2.24) is 0 Å². The molecule has 0 amide bonds. The first kappa shape index (κ1) is 8.27. The molecule has 0 heterocycles. The molecule has 60 valence electrons. The first-order valence-corrected chi connectivity index (χ1v) is 4.37. The molecule has 2 nitrogen and oxygen atoms in total. The summed E-state index contributed by atoms with van der Waals surface area (Å²) in [6.45, 7) is 2.01. The van der Waals surface area contributed by atoms with Crippen molar-refractivity contribution in [2.45, 2.75) is 11.8 Å². The third-order valence-electron chi connectivity index (χ3n) is 1.24. The van der Waals surface area contributed by atoms with E-state index in [2.05, 4.69) is 0 Å². The van der Waals surface area contributed by atoms with E-state index in [0.717, 1.165) is 10.6 Å². The molecule has 0 radical (unpaired) electrons. The lowest BCUT2D eigenvalue weighted by Gasteiger charge is -2.01. The van der Waals surface area contributed by atoms with Gasteiger partial charge in [0.05, 0.1) is 0 Å². The SMILES string of the molecule is CCSc1ccc(O)cc1O. The van der Waals surface area contributed by atoms with Crippen molar-refractivity contribution in [3.8, 4) is 11.5 Å². The van der Waals surface area contributed by atoms with E-state index in [1.54, 1.807) is 23.9 Å². The topological polar surface area (TPSA) is 40.5 Å². The van der Waals surface area contributed by atoms with Gasteiger partial charge in [-0.25, -0.2) is 0 Å². The fourth-order valence-corrected chi connectivity index (χ4v) is 1.47. The maximum Gasteiger partial charge on any atom is 0.132 e. The summed E-state index contributed by atoms with van der Waals surface area (Å²) in [5, 5.41) is 18.2. The molecule has 2 N–H and O–H groups in total. The Morgan fingerprint density at radius 2 is 2.09 bits per heavy atom. The molecule has 1 aromatic rings. The van der Waals surface area contributed by atoms with Crippen LogP contribution >= 0.6 is 11.8 Å². The van der Waals surface area contributed by atoms with Crippen LogP contribution in [0.2, 0.25) is 0 Å². The van der Waals surface area contributed by atoms with Crippen LogP contribution in [0.3, 0.4) is 0 Å². The van der Waals surface area contributed by atoms with Gasteiger partial charge in [-0.2, -0.15) is 0 Å². The normalized spacial score (nSPS) is 9.91. The first-order valence-electron chi connectivity index (χ1n) is 3.39. The minimum Gasteiger partial charge on any atom is -0.508 e. The van der Waals surface area contributed by atoms with E-state index in [1.165, 1.54) is 6.07 Å². The molecule has 0 aliphatic carbocycles. The maximum atomic E-state index is 9.24. The quantitative estimate of drug-likeness (QED) is 0.668. The van der Waals surface area contributed by atoms with Gasteiger partial charge in [0.2, 0.25) is 0 Å². The highest BCUT2D eigenvalue weighted by atomic mass is 32.2. The van der Waals surface area contributed by atoms with Crippen molar-refractivity contribution in [3.05, 3.63) is 18.2 Å². The van der Waals surface area contributed by atoms with Gasteiger partial charge in [-0.15, -0.1) is 11.8 Å². The highest BCUT2D eigenvalue weighted by Gasteiger charge is 2.00. The second kappa shape index (κ2) is 3.53. The molecule has 0 atom stereocenters. The van der Waals surface area contributed by atoms with Crippen LogP contribution < -0.4 is 0 Å². The molecule has 0 saturated heterocycles. The molecule has 1 rings (SSSR count). The van der Waals surface area contributed by atoms with Crippen molar-refractivity contribution < 1.29 is 10.2 Å². The molecule has 0 fully saturated rings. The lowest BCUT2D eigenvalue weighted by atomic mass is 10.3. The molecule has 0 unspecified atom stereocenters. The number of hydrogen-bond donors (Lipinski definition) is 2. The predicted molar refractivity (Wildman–Crippen MR) is 46.2 cm³/mol. The largest absolute Gasteiger partial charge is 0.508 e.